The summed E-state index contributed by atoms with van der Waals surface area (Å²) in [5, 5.41) is 12.1. The van der Waals surface area contributed by atoms with E-state index in [-0.39, 0.29) is 40.7 Å². The molecule has 0 unspecified atom stereocenters. The Morgan fingerprint density at radius 3 is 2.70 bits per heavy atom. The third-order valence-electron chi connectivity index (χ3n) is 8.13. The molecule has 2 aliphatic heterocycles. The van der Waals surface area contributed by atoms with Crippen molar-refractivity contribution < 1.29 is 31.9 Å². The highest BCUT2D eigenvalue weighted by molar-refractivity contribution is 7.16. The summed E-state index contributed by atoms with van der Waals surface area (Å²) >= 11 is 1.17. The molecule has 0 radical (unpaired) electrons. The molecule has 2 saturated heterocycles. The molecule has 1 aromatic carbocycles. The first-order chi connectivity index (χ1) is 20.4. The Morgan fingerprint density at radius 1 is 1.21 bits per heavy atom. The van der Waals surface area contributed by atoms with Crippen LogP contribution in [-0.4, -0.2) is 76.2 Å². The molecule has 2 atom stereocenters. The van der Waals surface area contributed by atoms with Crippen molar-refractivity contribution in [1.29, 1.82) is 0 Å². The summed E-state index contributed by atoms with van der Waals surface area (Å²) in [6, 6.07) is 4.27. The lowest BCUT2D eigenvalue weighted by molar-refractivity contribution is -0.138. The number of carboxylic acid groups (broad SMARTS) is 1. The number of rotatable bonds is 10. The topological polar surface area (TPSA) is 84.8 Å². The number of likely N-dealkylation sites (N-methyl/N-ethyl adjacent to an activating group) is 1. The SMILES string of the molecule is C[C@@H]1CCCN1Cc1sc(Nc2nccc(N3CC[C@H](N(C)CCC(=O)O)C3)c2F)nc1-c1cc(F)cc(C(F)(F)F)c1. The van der Waals surface area contributed by atoms with Crippen molar-refractivity contribution in [1.82, 2.24) is 19.8 Å². The second-order valence-electron chi connectivity index (χ2n) is 11.1. The number of alkyl halides is 3. The zero-order chi connectivity index (χ0) is 30.9. The van der Waals surface area contributed by atoms with Gasteiger partial charge in [0.15, 0.2) is 16.8 Å². The van der Waals surface area contributed by atoms with E-state index in [4.69, 9.17) is 5.11 Å². The van der Waals surface area contributed by atoms with E-state index in [1.807, 2.05) is 16.8 Å². The van der Waals surface area contributed by atoms with E-state index >= 15 is 4.39 Å². The van der Waals surface area contributed by atoms with Gasteiger partial charge < -0.3 is 20.2 Å². The maximum absolute atomic E-state index is 15.8. The van der Waals surface area contributed by atoms with Gasteiger partial charge in [-0.25, -0.2) is 18.7 Å². The van der Waals surface area contributed by atoms with Gasteiger partial charge >= 0.3 is 12.1 Å². The molecule has 2 aromatic heterocycles. The van der Waals surface area contributed by atoms with Gasteiger partial charge in [-0.3, -0.25) is 9.69 Å². The van der Waals surface area contributed by atoms with E-state index < -0.39 is 29.3 Å². The maximum atomic E-state index is 15.8. The molecule has 0 saturated carbocycles. The number of nitrogens with one attached hydrogen (secondary N) is 1. The van der Waals surface area contributed by atoms with E-state index in [1.54, 1.807) is 6.07 Å². The van der Waals surface area contributed by atoms with Crippen LogP contribution in [0, 0.1) is 11.6 Å². The monoisotopic (exact) mass is 624 g/mol. The number of nitrogens with zero attached hydrogens (tertiary/aromatic N) is 5. The molecule has 232 valence electrons. The maximum Gasteiger partial charge on any atom is 0.416 e. The fraction of sp³-hybridized carbons (Fsp3) is 0.483. The first kappa shape index (κ1) is 31.1. The van der Waals surface area contributed by atoms with Gasteiger partial charge in [-0.2, -0.15) is 13.2 Å². The van der Waals surface area contributed by atoms with Crippen LogP contribution in [0.3, 0.4) is 0 Å². The quantitative estimate of drug-likeness (QED) is 0.258. The third kappa shape index (κ3) is 7.24. The second kappa shape index (κ2) is 12.7. The number of likely N-dealkylation sites (tertiary alicyclic amines) is 1. The Kier molecular flexibility index (Phi) is 9.18. The Hall–Kier alpha value is -3.36. The number of halogens is 5. The molecule has 3 aromatic rings. The predicted molar refractivity (Wildman–Crippen MR) is 155 cm³/mol. The molecule has 2 fully saturated rings. The van der Waals surface area contributed by atoms with Crippen molar-refractivity contribution in [2.45, 2.75) is 57.4 Å². The first-order valence-corrected chi connectivity index (χ1v) is 14.9. The smallest absolute Gasteiger partial charge is 0.416 e. The minimum atomic E-state index is -4.73. The van der Waals surface area contributed by atoms with Crippen molar-refractivity contribution in [2.75, 3.05) is 43.4 Å². The normalized spacial score (nSPS) is 19.5. The predicted octanol–water partition coefficient (Wildman–Crippen LogP) is 6.22. The van der Waals surface area contributed by atoms with Crippen molar-refractivity contribution in [3.63, 3.8) is 0 Å². The van der Waals surface area contributed by atoms with Gasteiger partial charge in [0.1, 0.15) is 5.82 Å². The Labute approximate surface area is 250 Å². The summed E-state index contributed by atoms with van der Waals surface area (Å²) in [7, 11) is 1.85. The molecule has 14 heteroatoms. The number of benzene rings is 1. The van der Waals surface area contributed by atoms with Crippen molar-refractivity contribution in [2.24, 2.45) is 0 Å². The van der Waals surface area contributed by atoms with Crippen molar-refractivity contribution in [3.8, 4) is 11.3 Å². The van der Waals surface area contributed by atoms with Crippen LogP contribution in [-0.2, 0) is 17.5 Å². The van der Waals surface area contributed by atoms with Gasteiger partial charge in [0.05, 0.1) is 23.4 Å². The van der Waals surface area contributed by atoms with E-state index in [9.17, 15) is 22.4 Å². The summed E-state index contributed by atoms with van der Waals surface area (Å²) < 4.78 is 70.6. The number of hydrogen-bond acceptors (Lipinski definition) is 8. The molecule has 0 aliphatic carbocycles. The summed E-state index contributed by atoms with van der Waals surface area (Å²) in [5.41, 5.74) is -0.575. The number of aliphatic carboxylic acids is 1. The molecule has 2 N–H and O–H groups in total. The molecule has 5 rings (SSSR count). The van der Waals surface area contributed by atoms with Gasteiger partial charge in [0.2, 0.25) is 0 Å². The fourth-order valence-corrected chi connectivity index (χ4v) is 6.69. The van der Waals surface area contributed by atoms with Crippen LogP contribution in [0.4, 0.5) is 38.6 Å². The average Bonchev–Trinajstić information content (AvgIpc) is 3.69. The lowest BCUT2D eigenvalue weighted by Gasteiger charge is -2.25. The van der Waals surface area contributed by atoms with Gasteiger partial charge in [0.25, 0.3) is 0 Å². The first-order valence-electron chi connectivity index (χ1n) is 14.1. The van der Waals surface area contributed by atoms with Gasteiger partial charge in [-0.1, -0.05) is 11.3 Å². The fourth-order valence-electron chi connectivity index (χ4n) is 5.68. The number of anilines is 3. The molecule has 0 spiro atoms. The number of aromatic nitrogens is 2. The number of carbonyl (C=O) groups is 1. The van der Waals surface area contributed by atoms with Crippen LogP contribution in [0.15, 0.2) is 30.5 Å². The summed E-state index contributed by atoms with van der Waals surface area (Å²) in [4.78, 5) is 26.3. The lowest BCUT2D eigenvalue weighted by Crippen LogP contribution is -2.36. The van der Waals surface area contributed by atoms with E-state index in [1.165, 1.54) is 17.5 Å². The van der Waals surface area contributed by atoms with Crippen LogP contribution >= 0.6 is 11.3 Å². The highest BCUT2D eigenvalue weighted by Gasteiger charge is 2.33. The average molecular weight is 625 g/mol. The Balaban J connectivity index is 1.41. The Morgan fingerprint density at radius 2 is 2.00 bits per heavy atom. The highest BCUT2D eigenvalue weighted by atomic mass is 32.1. The van der Waals surface area contributed by atoms with Gasteiger partial charge in [-0.15, -0.1) is 0 Å². The molecule has 8 nitrogen and oxygen atoms in total. The zero-order valence-electron chi connectivity index (χ0n) is 23.8. The minimum absolute atomic E-state index is 0.00390. The van der Waals surface area contributed by atoms with Gasteiger partial charge in [-0.05, 0) is 64.0 Å². The standard InChI is InChI=1S/C29H33F5N6O2S/c1-17-4-3-9-39(17)16-23-26(18-12-19(29(32,33)34)14-20(30)13-18)36-28(43-23)37-27-25(31)22(5-8-35-27)40-11-6-21(15-40)38(2)10-7-24(41)42/h5,8,12-14,17,21H,3-4,6-7,9-11,15-16H2,1-2H3,(H,41,42)(H,35,36,37)/t17-,21+/m1/s1. The molecular weight excluding hydrogens is 591 g/mol. The number of carboxylic acids is 1. The number of thiazole rings is 1. The zero-order valence-corrected chi connectivity index (χ0v) is 24.6. The summed E-state index contributed by atoms with van der Waals surface area (Å²) in [6.07, 6.45) is -0.523. The molecule has 43 heavy (non-hydrogen) atoms. The molecule has 4 heterocycles. The summed E-state index contributed by atoms with van der Waals surface area (Å²) in [6.45, 7) is 4.78. The third-order valence-corrected chi connectivity index (χ3v) is 9.09. The molecule has 2 aliphatic rings. The Bertz CT molecular complexity index is 1470. The second-order valence-corrected chi connectivity index (χ2v) is 12.2. The van der Waals surface area contributed by atoms with Crippen LogP contribution in [0.25, 0.3) is 11.3 Å². The van der Waals surface area contributed by atoms with Crippen LogP contribution in [0.2, 0.25) is 0 Å². The van der Waals surface area contributed by atoms with Crippen LogP contribution in [0.5, 0.6) is 0 Å². The van der Waals surface area contributed by atoms with Crippen molar-refractivity contribution in [3.05, 3.63) is 52.5 Å². The molecular formula is C29H33F5N6O2S. The lowest BCUT2D eigenvalue weighted by atomic mass is 10.1. The van der Waals surface area contributed by atoms with Crippen LogP contribution in [0.1, 0.15) is 43.0 Å². The molecule has 0 bridgehead atoms. The number of hydrogen-bond donors (Lipinski definition) is 2. The highest BCUT2D eigenvalue weighted by Crippen LogP contribution is 2.39. The largest absolute Gasteiger partial charge is 0.481 e. The number of pyridine rings is 1. The van der Waals surface area contributed by atoms with E-state index in [2.05, 4.69) is 27.1 Å². The summed E-state index contributed by atoms with van der Waals surface area (Å²) in [5.74, 6) is -2.59. The van der Waals surface area contributed by atoms with E-state index in [0.29, 0.717) is 42.8 Å². The van der Waals surface area contributed by atoms with E-state index in [0.717, 1.165) is 37.9 Å². The molecule has 0 amide bonds. The van der Waals surface area contributed by atoms with Crippen molar-refractivity contribution >= 4 is 33.9 Å². The minimum Gasteiger partial charge on any atom is -0.481 e. The van der Waals surface area contributed by atoms with Gasteiger partial charge in [0, 0.05) is 54.9 Å². The van der Waals surface area contributed by atoms with Crippen LogP contribution < -0.4 is 10.2 Å².